The first-order valence-corrected chi connectivity index (χ1v) is 26.1. The molecule has 0 aromatic rings. The summed E-state index contributed by atoms with van der Waals surface area (Å²) in [6.07, 6.45) is 44.6. The lowest BCUT2D eigenvalue weighted by Crippen LogP contribution is -2.38. The zero-order valence-corrected chi connectivity index (χ0v) is 41.3. The number of carbonyl (C=O) groups excluding carboxylic acids is 2. The van der Waals surface area contributed by atoms with Crippen molar-refractivity contribution in [1.29, 1.82) is 0 Å². The Labute approximate surface area is 373 Å². The van der Waals surface area contributed by atoms with E-state index in [4.69, 9.17) is 18.9 Å². The smallest absolute Gasteiger partial charge is 0.407 e. The maximum Gasteiger partial charge on any atom is 0.407 e. The number of carbonyl (C=O) groups is 2. The Hall–Kier alpha value is -1.54. The van der Waals surface area contributed by atoms with Crippen molar-refractivity contribution in [2.75, 3.05) is 33.4 Å². The summed E-state index contributed by atoms with van der Waals surface area (Å²) in [5, 5.41) is 5.82. The second-order valence-corrected chi connectivity index (χ2v) is 19.3. The van der Waals surface area contributed by atoms with Crippen LogP contribution in [0.4, 0.5) is 9.59 Å². The summed E-state index contributed by atoms with van der Waals surface area (Å²) in [7, 11) is 1.71. The summed E-state index contributed by atoms with van der Waals surface area (Å²) in [4.78, 5) is 25.4. The number of ether oxygens (including phenoxy) is 4. The minimum atomic E-state index is -0.490. The molecule has 0 spiro atoms. The Balaban J connectivity index is 4.35. The lowest BCUT2D eigenvalue weighted by molar-refractivity contribution is -0.0662. The van der Waals surface area contributed by atoms with Gasteiger partial charge in [0.2, 0.25) is 0 Å². The first kappa shape index (κ1) is 58.5. The molecule has 8 heteroatoms. The van der Waals surface area contributed by atoms with Crippen molar-refractivity contribution in [2.24, 2.45) is 0 Å². The largest absolute Gasteiger partial charge is 0.449 e. The zero-order chi connectivity index (χ0) is 44.3. The minimum Gasteiger partial charge on any atom is -0.449 e. The van der Waals surface area contributed by atoms with Crippen molar-refractivity contribution in [3.05, 3.63) is 0 Å². The molecule has 2 amide bonds. The molecule has 0 aliphatic carbocycles. The highest BCUT2D eigenvalue weighted by molar-refractivity contribution is 5.68. The van der Waals surface area contributed by atoms with Gasteiger partial charge in [0, 0.05) is 20.1 Å². The maximum atomic E-state index is 12.8. The first-order chi connectivity index (χ1) is 29.0. The van der Waals surface area contributed by atoms with Gasteiger partial charge in [-0.25, -0.2) is 9.59 Å². The van der Waals surface area contributed by atoms with E-state index in [0.717, 1.165) is 38.5 Å². The van der Waals surface area contributed by atoms with E-state index in [1.165, 1.54) is 186 Å². The molecule has 0 heterocycles. The van der Waals surface area contributed by atoms with Crippen molar-refractivity contribution in [3.8, 4) is 0 Å². The van der Waals surface area contributed by atoms with Gasteiger partial charge in [-0.1, -0.05) is 213 Å². The van der Waals surface area contributed by atoms with Crippen LogP contribution in [0.25, 0.3) is 0 Å². The molecule has 0 rings (SSSR count). The van der Waals surface area contributed by atoms with Crippen LogP contribution in [0.3, 0.4) is 0 Å². The lowest BCUT2D eigenvalue weighted by atomic mass is 10.0. The fourth-order valence-corrected chi connectivity index (χ4v) is 7.74. The number of amides is 2. The second-order valence-electron chi connectivity index (χ2n) is 19.3. The third-order valence-electron chi connectivity index (χ3n) is 12.4. The highest BCUT2D eigenvalue weighted by Gasteiger charge is 2.23. The van der Waals surface area contributed by atoms with E-state index in [1.54, 1.807) is 7.11 Å². The molecule has 0 saturated heterocycles. The summed E-state index contributed by atoms with van der Waals surface area (Å²) in [6, 6.07) is 0. The molecule has 1 atom stereocenters. The van der Waals surface area contributed by atoms with Crippen molar-refractivity contribution in [1.82, 2.24) is 10.6 Å². The molecule has 0 radical (unpaired) electrons. The van der Waals surface area contributed by atoms with Crippen LogP contribution in [-0.4, -0.2) is 62.9 Å². The quantitative estimate of drug-likeness (QED) is 0.0592. The Morgan fingerprint density at radius 1 is 0.450 bits per heavy atom. The van der Waals surface area contributed by atoms with Gasteiger partial charge < -0.3 is 29.6 Å². The van der Waals surface area contributed by atoms with Gasteiger partial charge in [0.15, 0.2) is 0 Å². The van der Waals surface area contributed by atoms with E-state index < -0.39 is 17.8 Å². The number of unbranched alkanes of at least 4 members (excludes halogenated alkanes) is 31. The third-order valence-corrected chi connectivity index (χ3v) is 12.4. The van der Waals surface area contributed by atoms with Crippen LogP contribution in [0, 0.1) is 0 Å². The minimum absolute atomic E-state index is 0.237. The number of hydrogen-bond donors (Lipinski definition) is 2. The molecule has 0 aromatic carbocycles. The third kappa shape index (κ3) is 43.1. The van der Waals surface area contributed by atoms with Gasteiger partial charge in [-0.2, -0.15) is 0 Å². The average Bonchev–Trinajstić information content (AvgIpc) is 3.21. The zero-order valence-electron chi connectivity index (χ0n) is 41.3. The fraction of sp³-hybridized carbons (Fsp3) is 0.962. The van der Waals surface area contributed by atoms with Crippen molar-refractivity contribution in [3.63, 3.8) is 0 Å². The van der Waals surface area contributed by atoms with Gasteiger partial charge in [-0.15, -0.1) is 0 Å². The van der Waals surface area contributed by atoms with Crippen LogP contribution in [0.15, 0.2) is 0 Å². The number of alkyl carbamates (subject to hydrolysis) is 2. The predicted molar refractivity (Wildman–Crippen MR) is 256 cm³/mol. The first-order valence-electron chi connectivity index (χ1n) is 26.1. The maximum absolute atomic E-state index is 12.8. The van der Waals surface area contributed by atoms with Crippen LogP contribution in [0.5, 0.6) is 0 Å². The molecule has 0 aromatic heterocycles. The topological polar surface area (TPSA) is 95.1 Å². The lowest BCUT2D eigenvalue weighted by Gasteiger charge is -2.28. The summed E-state index contributed by atoms with van der Waals surface area (Å²) in [5.74, 6) is 0. The molecule has 8 nitrogen and oxygen atoms in total. The molecule has 0 aliphatic heterocycles. The predicted octanol–water partition coefficient (Wildman–Crippen LogP) is 16.1. The normalized spacial score (nSPS) is 12.4. The molecular formula is C52H104N2O6. The van der Waals surface area contributed by atoms with Crippen LogP contribution >= 0.6 is 0 Å². The Kier molecular flexibility index (Phi) is 41.6. The van der Waals surface area contributed by atoms with Gasteiger partial charge in [0.25, 0.3) is 0 Å². The van der Waals surface area contributed by atoms with Gasteiger partial charge >= 0.3 is 12.2 Å². The van der Waals surface area contributed by atoms with E-state index in [0.29, 0.717) is 19.6 Å². The van der Waals surface area contributed by atoms with E-state index in [1.807, 2.05) is 27.7 Å². The van der Waals surface area contributed by atoms with E-state index in [9.17, 15) is 9.59 Å². The number of rotatable bonds is 46. The standard InChI is InChI=1S/C52H104N2O6/c1-8-10-12-14-16-18-20-22-24-26-27-29-31-33-35-37-39-41-48(47-54-49(55)58-45-42-52(5,6)59-46-43-51(3,4)57-7)60-50(56)53-44-40-38-36-34-32-30-28-25-23-21-19-17-15-13-11-9-2/h48H,8-47H2,1-7H3,(H,53,56)(H,54,55). The molecular weight excluding hydrogens is 749 g/mol. The summed E-state index contributed by atoms with van der Waals surface area (Å²) < 4.78 is 22.9. The molecule has 0 bridgehead atoms. The highest BCUT2D eigenvalue weighted by Crippen LogP contribution is 2.20. The Bertz CT molecular complexity index is 928. The second kappa shape index (κ2) is 42.7. The van der Waals surface area contributed by atoms with Gasteiger partial charge in [-0.05, 0) is 53.4 Å². The van der Waals surface area contributed by atoms with Crippen molar-refractivity contribution in [2.45, 2.75) is 290 Å². The SMILES string of the molecule is CCCCCCCCCCCCCCCCCCCC(CNC(=O)OCCC(C)(C)OCCC(C)(C)OC)OC(=O)NCCCCCCCCCCCCCCCCCC. The number of methoxy groups -OCH3 is 1. The molecule has 358 valence electrons. The van der Waals surface area contributed by atoms with Crippen molar-refractivity contribution >= 4 is 12.2 Å². The average molecular weight is 853 g/mol. The summed E-state index contributed by atoms with van der Waals surface area (Å²) in [6.45, 7) is 14.4. The van der Waals surface area contributed by atoms with Gasteiger partial charge in [0.05, 0.1) is 31.0 Å². The molecule has 2 N–H and O–H groups in total. The number of hydrogen-bond acceptors (Lipinski definition) is 6. The molecule has 1 unspecified atom stereocenters. The highest BCUT2D eigenvalue weighted by atomic mass is 16.6. The molecule has 0 aliphatic rings. The van der Waals surface area contributed by atoms with Gasteiger partial charge in [0.1, 0.15) is 6.10 Å². The van der Waals surface area contributed by atoms with E-state index >= 15 is 0 Å². The van der Waals surface area contributed by atoms with Crippen molar-refractivity contribution < 1.29 is 28.5 Å². The summed E-state index contributed by atoms with van der Waals surface area (Å²) in [5.41, 5.74) is -0.660. The number of nitrogens with one attached hydrogen (secondary N) is 2. The van der Waals surface area contributed by atoms with Crippen LogP contribution in [0.1, 0.15) is 273 Å². The van der Waals surface area contributed by atoms with Crippen LogP contribution < -0.4 is 10.6 Å². The van der Waals surface area contributed by atoms with Gasteiger partial charge in [-0.3, -0.25) is 0 Å². The summed E-state index contributed by atoms with van der Waals surface area (Å²) >= 11 is 0. The molecule has 0 saturated carbocycles. The van der Waals surface area contributed by atoms with Crippen LogP contribution in [0.2, 0.25) is 0 Å². The molecule has 60 heavy (non-hydrogen) atoms. The fourth-order valence-electron chi connectivity index (χ4n) is 7.74. The van der Waals surface area contributed by atoms with E-state index in [-0.39, 0.29) is 24.9 Å². The van der Waals surface area contributed by atoms with E-state index in [2.05, 4.69) is 24.5 Å². The van der Waals surface area contributed by atoms with Crippen LogP contribution in [-0.2, 0) is 18.9 Å². The Morgan fingerprint density at radius 2 is 0.817 bits per heavy atom. The molecule has 0 fully saturated rings. The Morgan fingerprint density at radius 3 is 1.22 bits per heavy atom. The monoisotopic (exact) mass is 853 g/mol.